The minimum atomic E-state index is -5.46. The summed E-state index contributed by atoms with van der Waals surface area (Å²) < 4.78 is 68.8. The normalized spacial score (nSPS) is 17.3. The van der Waals surface area contributed by atoms with Gasteiger partial charge in [0.05, 0.1) is 0 Å². The Morgan fingerprint density at radius 3 is 1.31 bits per heavy atom. The molecule has 0 spiro atoms. The van der Waals surface area contributed by atoms with Gasteiger partial charge in [-0.1, -0.05) is 0 Å². The van der Waals surface area contributed by atoms with E-state index in [1.165, 1.54) is 0 Å². The van der Waals surface area contributed by atoms with Gasteiger partial charge in [0.25, 0.3) is 0 Å². The monoisotopic (exact) mass is 316 g/mol. The fraction of sp³-hybridized carbons (Fsp3) is 1.00. The molecule has 0 aromatic rings. The maximum absolute atomic E-state index is 12.8. The molecule has 0 bridgehead atoms. The van der Waals surface area contributed by atoms with Crippen molar-refractivity contribution in [3.8, 4) is 0 Å². The Bertz CT molecular complexity index is 179. The van der Waals surface area contributed by atoms with Crippen molar-refractivity contribution in [2.45, 2.75) is 31.1 Å². The van der Waals surface area contributed by atoms with E-state index in [-0.39, 0.29) is 0 Å². The van der Waals surface area contributed by atoms with Crippen LogP contribution in [0.4, 0.5) is 26.3 Å². The van der Waals surface area contributed by atoms with Gasteiger partial charge in [-0.2, -0.15) is 0 Å². The third-order valence-corrected chi connectivity index (χ3v) is 8.04. The van der Waals surface area contributed by atoms with Gasteiger partial charge in [-0.05, 0) is 0 Å². The van der Waals surface area contributed by atoms with Crippen LogP contribution in [0.25, 0.3) is 0 Å². The van der Waals surface area contributed by atoms with Gasteiger partial charge in [-0.25, -0.2) is 0 Å². The van der Waals surface area contributed by atoms with Crippen LogP contribution in [0, 0.1) is 0 Å². The first-order valence-corrected chi connectivity index (χ1v) is 13.5. The van der Waals surface area contributed by atoms with Crippen LogP contribution in [0.5, 0.6) is 0 Å². The summed E-state index contributed by atoms with van der Waals surface area (Å²) in [7, 11) is 0. The van der Waals surface area contributed by atoms with Crippen molar-refractivity contribution in [1.82, 2.24) is 0 Å². The Morgan fingerprint density at radius 2 is 1.23 bits per heavy atom. The average molecular weight is 315 g/mol. The molecule has 0 amide bonds. The number of halogens is 6. The van der Waals surface area contributed by atoms with Crippen LogP contribution in [0.3, 0.4) is 0 Å². The second-order valence-corrected chi connectivity index (χ2v) is 18.5. The van der Waals surface area contributed by atoms with Crippen molar-refractivity contribution in [3.63, 3.8) is 0 Å². The van der Waals surface area contributed by atoms with Gasteiger partial charge >= 0.3 is 75.8 Å². The molecule has 0 saturated heterocycles. The second kappa shape index (κ2) is 3.51. The zero-order valence-corrected chi connectivity index (χ0v) is 10.2. The van der Waals surface area contributed by atoms with E-state index < -0.39 is 34.7 Å². The van der Waals surface area contributed by atoms with Crippen molar-refractivity contribution in [2.75, 3.05) is 0 Å². The summed E-state index contributed by atoms with van der Waals surface area (Å²) in [5.74, 6) is 0. The molecule has 0 fully saturated rings. The Kier molecular flexibility index (Phi) is 3.61. The van der Waals surface area contributed by atoms with E-state index in [2.05, 4.69) is 0 Å². The molecule has 0 aliphatic heterocycles. The van der Waals surface area contributed by atoms with E-state index in [1.807, 2.05) is 0 Å². The van der Waals surface area contributed by atoms with Gasteiger partial charge in [-0.15, -0.1) is 0 Å². The molecule has 0 aliphatic carbocycles. The van der Waals surface area contributed by atoms with E-state index >= 15 is 0 Å². The summed E-state index contributed by atoms with van der Waals surface area (Å²) in [5.41, 5.74) is 0. The van der Waals surface area contributed by atoms with Gasteiger partial charge in [0.2, 0.25) is 0 Å². The van der Waals surface area contributed by atoms with Crippen LogP contribution < -0.4 is 0 Å². The zero-order chi connectivity index (χ0) is 11.1. The van der Waals surface area contributed by atoms with Crippen LogP contribution in [0.15, 0.2) is 0 Å². The van der Waals surface area contributed by atoms with Crippen molar-refractivity contribution in [1.29, 1.82) is 0 Å². The van der Waals surface area contributed by atoms with Gasteiger partial charge in [-0.3, -0.25) is 0 Å². The van der Waals surface area contributed by atoms with Gasteiger partial charge in [0.1, 0.15) is 0 Å². The molecule has 0 saturated carbocycles. The summed E-state index contributed by atoms with van der Waals surface area (Å²) in [6.45, 7) is 0. The predicted molar refractivity (Wildman–Crippen MR) is 39.2 cm³/mol. The third kappa shape index (κ3) is 2.92. The summed E-state index contributed by atoms with van der Waals surface area (Å²) >= 11 is -4.22. The van der Waals surface area contributed by atoms with Crippen molar-refractivity contribution < 1.29 is 26.3 Å². The van der Waals surface area contributed by atoms with E-state index in [0.717, 1.165) is 14.8 Å². The number of hydrogen-bond acceptors (Lipinski definition) is 0. The van der Waals surface area contributed by atoms with Crippen LogP contribution in [-0.2, 0) is 0 Å². The zero-order valence-electron chi connectivity index (χ0n) is 7.35. The van der Waals surface area contributed by atoms with Crippen molar-refractivity contribution in [3.05, 3.63) is 0 Å². The Labute approximate surface area is 76.2 Å². The number of alkyl halides is 6. The minimum absolute atomic E-state index is 1.06. The van der Waals surface area contributed by atoms with E-state index in [4.69, 9.17) is 0 Å². The SMILES string of the molecule is [CH3][Sn]([CH3])([CH3])[C](F)(F)C(F)C(F)(F)F. The molecule has 1 unspecified atom stereocenters. The molecule has 1 atom stereocenters. The average Bonchev–Trinajstić information content (AvgIpc) is 1.81. The van der Waals surface area contributed by atoms with Gasteiger partial charge in [0.15, 0.2) is 0 Å². The van der Waals surface area contributed by atoms with Gasteiger partial charge < -0.3 is 0 Å². The molecule has 0 rings (SSSR count). The quantitative estimate of drug-likeness (QED) is 0.541. The van der Waals surface area contributed by atoms with Crippen LogP contribution in [-0.4, -0.2) is 34.7 Å². The van der Waals surface area contributed by atoms with E-state index in [9.17, 15) is 26.3 Å². The summed E-state index contributed by atoms with van der Waals surface area (Å²) in [5, 5.41) is 0. The molecule has 7 heteroatoms. The molecule has 0 aromatic carbocycles. The molecule has 0 heterocycles. The molecule has 80 valence electrons. The molecule has 0 aromatic heterocycles. The number of rotatable bonds is 2. The topological polar surface area (TPSA) is 0 Å². The fourth-order valence-corrected chi connectivity index (χ4v) is 3.22. The molecule has 0 nitrogen and oxygen atoms in total. The molecule has 0 radical (unpaired) electrons. The second-order valence-electron chi connectivity index (χ2n) is 3.78. The van der Waals surface area contributed by atoms with Crippen LogP contribution >= 0.6 is 0 Å². The maximum atomic E-state index is 12.8. The first-order valence-electron chi connectivity index (χ1n) is 3.49. The van der Waals surface area contributed by atoms with Crippen molar-refractivity contribution in [2.24, 2.45) is 0 Å². The van der Waals surface area contributed by atoms with E-state index in [0.29, 0.717) is 0 Å². The summed E-state index contributed by atoms with van der Waals surface area (Å²) in [6, 6.07) is 0. The Balaban J connectivity index is 4.86. The van der Waals surface area contributed by atoms with Crippen molar-refractivity contribution >= 4 is 18.4 Å². The van der Waals surface area contributed by atoms with Crippen LogP contribution in [0.2, 0.25) is 14.8 Å². The first kappa shape index (κ1) is 13.4. The van der Waals surface area contributed by atoms with Gasteiger partial charge in [0, 0.05) is 0 Å². The number of hydrogen-bond donors (Lipinski definition) is 0. The standard InChI is InChI=1S/C3HF6.3CH3.Sn/c4-1(2(5)6)3(7,8)9;;;;/h1H;3*1H3;. The summed E-state index contributed by atoms with van der Waals surface area (Å²) in [6.07, 6.45) is -9.48. The molecular formula is C6H10F6Sn. The molecule has 0 N–H and O–H groups in total. The molecule has 0 aliphatic rings. The third-order valence-electron chi connectivity index (χ3n) is 1.61. The summed E-state index contributed by atoms with van der Waals surface area (Å²) in [4.78, 5) is 3.19. The van der Waals surface area contributed by atoms with E-state index in [1.54, 1.807) is 0 Å². The molecule has 13 heavy (non-hydrogen) atoms. The predicted octanol–water partition coefficient (Wildman–Crippen LogP) is 3.40. The van der Waals surface area contributed by atoms with Crippen LogP contribution in [0.1, 0.15) is 0 Å². The first-order chi connectivity index (χ1) is 5.40. The molecular weight excluding hydrogens is 305 g/mol. The Morgan fingerprint density at radius 1 is 0.923 bits per heavy atom. The Hall–Kier alpha value is 0.379. The fourth-order valence-electron chi connectivity index (χ4n) is 0.586.